The van der Waals surface area contributed by atoms with Crippen molar-refractivity contribution in [3.05, 3.63) is 72.6 Å². The van der Waals surface area contributed by atoms with E-state index in [-0.39, 0.29) is 7.92 Å². The molecule has 0 aliphatic heterocycles. The topological polar surface area (TPSA) is 0 Å². The van der Waals surface area contributed by atoms with E-state index < -0.39 is 0 Å². The molecule has 0 nitrogen and oxygen atoms in total. The first-order chi connectivity index (χ1) is 10.4. The van der Waals surface area contributed by atoms with Crippen LogP contribution in [0.5, 0.6) is 0 Å². The third-order valence-corrected chi connectivity index (χ3v) is 5.77. The number of hydrogen-bond donors (Lipinski definition) is 0. The fraction of sp³-hybridized carbons (Fsp3) is 0.300. The molecule has 0 aliphatic rings. The van der Waals surface area contributed by atoms with Crippen LogP contribution in [0.2, 0.25) is 0 Å². The summed E-state index contributed by atoms with van der Waals surface area (Å²) in [6.45, 7) is 2.26. The number of benzene rings is 2. The van der Waals surface area contributed by atoms with Gasteiger partial charge in [-0.25, -0.2) is 0 Å². The maximum atomic E-state index is 2.44. The molecule has 0 fully saturated rings. The Morgan fingerprint density at radius 3 is 1.86 bits per heavy atom. The second kappa shape index (κ2) is 9.53. The molecule has 0 aliphatic carbocycles. The maximum absolute atomic E-state index is 2.44. The summed E-state index contributed by atoms with van der Waals surface area (Å²) in [4.78, 5) is 0. The summed E-state index contributed by atoms with van der Waals surface area (Å²) in [5, 5.41) is 2.87. The maximum Gasteiger partial charge on any atom is -0.0157 e. The van der Waals surface area contributed by atoms with Gasteiger partial charge in [0.05, 0.1) is 0 Å². The lowest BCUT2D eigenvalue weighted by molar-refractivity contribution is 0.675. The predicted octanol–water partition coefficient (Wildman–Crippen LogP) is 5.60. The SMILES string of the molecule is CCCCCCC=CP(c1ccccc1)c1ccccc1. The third kappa shape index (κ3) is 5.48. The van der Waals surface area contributed by atoms with Gasteiger partial charge in [0.15, 0.2) is 0 Å². The normalized spacial score (nSPS) is 11.3. The van der Waals surface area contributed by atoms with Crippen LogP contribution in [-0.2, 0) is 0 Å². The molecule has 0 amide bonds. The van der Waals surface area contributed by atoms with Gasteiger partial charge in [-0.2, -0.15) is 0 Å². The molecule has 0 heterocycles. The molecule has 21 heavy (non-hydrogen) atoms. The van der Waals surface area contributed by atoms with Gasteiger partial charge in [0.25, 0.3) is 0 Å². The van der Waals surface area contributed by atoms with Gasteiger partial charge in [0.1, 0.15) is 0 Å². The van der Waals surface area contributed by atoms with Crippen molar-refractivity contribution in [2.75, 3.05) is 0 Å². The number of allylic oxidation sites excluding steroid dienone is 1. The van der Waals surface area contributed by atoms with Crippen molar-refractivity contribution in [2.45, 2.75) is 39.0 Å². The van der Waals surface area contributed by atoms with Crippen LogP contribution in [0.4, 0.5) is 0 Å². The van der Waals surface area contributed by atoms with Crippen LogP contribution >= 0.6 is 7.92 Å². The molecule has 2 aromatic carbocycles. The minimum Gasteiger partial charge on any atom is -0.0834 e. The molecule has 0 bridgehead atoms. The summed E-state index contributed by atoms with van der Waals surface area (Å²) in [5.41, 5.74) is 0. The van der Waals surface area contributed by atoms with Crippen LogP contribution in [0.1, 0.15) is 39.0 Å². The molecular formula is C20H25P. The first kappa shape index (κ1) is 16.0. The lowest BCUT2D eigenvalue weighted by Crippen LogP contribution is -2.09. The van der Waals surface area contributed by atoms with Gasteiger partial charge in [0, 0.05) is 0 Å². The standard InChI is InChI=1S/C20H25P/c1-2-3-4-5-6-13-18-21(19-14-9-7-10-15-19)20-16-11-8-12-17-20/h7-18H,2-6H2,1H3. The van der Waals surface area contributed by atoms with Gasteiger partial charge < -0.3 is 0 Å². The van der Waals surface area contributed by atoms with Gasteiger partial charge in [-0.15, -0.1) is 0 Å². The molecule has 2 aromatic rings. The Hall–Kier alpha value is -1.39. The smallest absolute Gasteiger partial charge is 0.0157 e. The molecule has 0 radical (unpaired) electrons. The Labute approximate surface area is 130 Å². The van der Waals surface area contributed by atoms with Gasteiger partial charge >= 0.3 is 0 Å². The number of hydrogen-bond acceptors (Lipinski definition) is 0. The van der Waals surface area contributed by atoms with Gasteiger partial charge in [0.2, 0.25) is 0 Å². The second-order valence-electron chi connectivity index (χ2n) is 5.28. The van der Waals surface area contributed by atoms with Crippen molar-refractivity contribution in [3.63, 3.8) is 0 Å². The van der Waals surface area contributed by atoms with Crippen molar-refractivity contribution in [1.29, 1.82) is 0 Å². The highest BCUT2D eigenvalue weighted by atomic mass is 31.1. The van der Waals surface area contributed by atoms with Crippen LogP contribution in [0, 0.1) is 0 Å². The van der Waals surface area contributed by atoms with E-state index in [0.717, 1.165) is 0 Å². The second-order valence-corrected chi connectivity index (χ2v) is 7.35. The van der Waals surface area contributed by atoms with E-state index in [1.54, 1.807) is 0 Å². The zero-order chi connectivity index (χ0) is 14.8. The fourth-order valence-electron chi connectivity index (χ4n) is 2.37. The minimum atomic E-state index is -0.356. The molecule has 110 valence electrons. The highest BCUT2D eigenvalue weighted by molar-refractivity contribution is 7.75. The van der Waals surface area contributed by atoms with Crippen molar-refractivity contribution >= 4 is 18.5 Å². The van der Waals surface area contributed by atoms with Crippen LogP contribution in [0.15, 0.2) is 72.6 Å². The Morgan fingerprint density at radius 1 is 0.762 bits per heavy atom. The Bertz CT molecular complexity index is 477. The predicted molar refractivity (Wildman–Crippen MR) is 97.0 cm³/mol. The van der Waals surface area contributed by atoms with E-state index in [1.165, 1.54) is 42.7 Å². The van der Waals surface area contributed by atoms with E-state index in [0.29, 0.717) is 0 Å². The van der Waals surface area contributed by atoms with E-state index in [2.05, 4.69) is 79.5 Å². The number of unbranched alkanes of at least 4 members (excludes halogenated alkanes) is 4. The Kier molecular flexibility index (Phi) is 7.25. The quantitative estimate of drug-likeness (QED) is 0.439. The fourth-order valence-corrected chi connectivity index (χ4v) is 4.36. The third-order valence-electron chi connectivity index (χ3n) is 3.55. The van der Waals surface area contributed by atoms with Crippen LogP contribution < -0.4 is 10.6 Å². The average molecular weight is 296 g/mol. The van der Waals surface area contributed by atoms with Crippen molar-refractivity contribution in [2.24, 2.45) is 0 Å². The Morgan fingerprint density at radius 2 is 1.33 bits per heavy atom. The monoisotopic (exact) mass is 296 g/mol. The highest BCUT2D eigenvalue weighted by Crippen LogP contribution is 2.35. The lowest BCUT2D eigenvalue weighted by atomic mass is 10.2. The summed E-state index contributed by atoms with van der Waals surface area (Å²) in [7, 11) is -0.356. The van der Waals surface area contributed by atoms with Crippen molar-refractivity contribution in [1.82, 2.24) is 0 Å². The minimum absolute atomic E-state index is 0.356. The lowest BCUT2D eigenvalue weighted by Gasteiger charge is -2.14. The molecule has 2 rings (SSSR count). The molecule has 0 saturated heterocycles. The molecule has 0 spiro atoms. The van der Waals surface area contributed by atoms with E-state index in [9.17, 15) is 0 Å². The van der Waals surface area contributed by atoms with Crippen molar-refractivity contribution < 1.29 is 0 Å². The van der Waals surface area contributed by atoms with Crippen LogP contribution in [-0.4, -0.2) is 0 Å². The first-order valence-corrected chi connectivity index (χ1v) is 9.39. The molecule has 0 saturated carbocycles. The molecular weight excluding hydrogens is 271 g/mol. The Balaban J connectivity index is 2.05. The molecule has 1 heteroatoms. The average Bonchev–Trinajstić information content (AvgIpc) is 2.56. The highest BCUT2D eigenvalue weighted by Gasteiger charge is 2.08. The molecule has 0 aromatic heterocycles. The largest absolute Gasteiger partial charge is 0.0834 e. The van der Waals surface area contributed by atoms with Gasteiger partial charge in [-0.1, -0.05) is 98.7 Å². The van der Waals surface area contributed by atoms with Crippen LogP contribution in [0.3, 0.4) is 0 Å². The molecule has 0 atom stereocenters. The molecule has 0 N–H and O–H groups in total. The van der Waals surface area contributed by atoms with E-state index >= 15 is 0 Å². The number of rotatable bonds is 8. The zero-order valence-electron chi connectivity index (χ0n) is 12.9. The van der Waals surface area contributed by atoms with E-state index in [1.807, 2.05) is 0 Å². The summed E-state index contributed by atoms with van der Waals surface area (Å²) < 4.78 is 0. The summed E-state index contributed by atoms with van der Waals surface area (Å²) in [6, 6.07) is 21.8. The first-order valence-electron chi connectivity index (χ1n) is 7.98. The van der Waals surface area contributed by atoms with Gasteiger partial charge in [-0.05, 0) is 31.4 Å². The van der Waals surface area contributed by atoms with Crippen LogP contribution in [0.25, 0.3) is 0 Å². The molecule has 0 unspecified atom stereocenters. The van der Waals surface area contributed by atoms with E-state index in [4.69, 9.17) is 0 Å². The van der Waals surface area contributed by atoms with Crippen molar-refractivity contribution in [3.8, 4) is 0 Å². The summed E-state index contributed by atoms with van der Waals surface area (Å²) >= 11 is 0. The zero-order valence-corrected chi connectivity index (χ0v) is 13.8. The van der Waals surface area contributed by atoms with Gasteiger partial charge in [-0.3, -0.25) is 0 Å². The summed E-state index contributed by atoms with van der Waals surface area (Å²) in [5.74, 6) is 2.44. The summed E-state index contributed by atoms with van der Waals surface area (Å²) in [6.07, 6.45) is 8.94.